The average molecular weight is 335 g/mol. The zero-order chi connectivity index (χ0) is 16.4. The van der Waals surface area contributed by atoms with Crippen LogP contribution in [0.5, 0.6) is 0 Å². The molecular formula is C16H21N3O3S. The lowest BCUT2D eigenvalue weighted by Gasteiger charge is -2.23. The average Bonchev–Trinajstić information content (AvgIpc) is 3.15. The zero-order valence-corrected chi connectivity index (χ0v) is 14.0. The smallest absolute Gasteiger partial charge is 0.256 e. The molecule has 23 heavy (non-hydrogen) atoms. The minimum absolute atomic E-state index is 0.0656. The molecular weight excluding hydrogens is 314 g/mol. The normalized spacial score (nSPS) is 23.3. The SMILES string of the molecule is CN(CC(=O)N1CCC(c2ccccc2)=N1)C1CCS(=O)(=O)C1. The fourth-order valence-electron chi connectivity index (χ4n) is 3.02. The highest BCUT2D eigenvalue weighted by atomic mass is 32.2. The molecule has 2 aliphatic rings. The lowest BCUT2D eigenvalue weighted by atomic mass is 10.1. The van der Waals surface area contributed by atoms with Gasteiger partial charge in [0, 0.05) is 12.5 Å². The molecule has 0 N–H and O–H groups in total. The van der Waals surface area contributed by atoms with Gasteiger partial charge >= 0.3 is 0 Å². The Morgan fingerprint density at radius 1 is 1.35 bits per heavy atom. The zero-order valence-electron chi connectivity index (χ0n) is 13.2. The minimum Gasteiger partial charge on any atom is -0.293 e. The standard InChI is InChI=1S/C16H21N3O3S/c1-18(14-8-10-23(21,22)12-14)11-16(20)19-9-7-15(17-19)13-5-3-2-4-6-13/h2-6,14H,7-12H2,1H3. The predicted molar refractivity (Wildman–Crippen MR) is 89.0 cm³/mol. The molecule has 3 rings (SSSR count). The molecule has 1 aromatic carbocycles. The Labute approximate surface area is 136 Å². The van der Waals surface area contributed by atoms with E-state index in [9.17, 15) is 13.2 Å². The van der Waals surface area contributed by atoms with Crippen LogP contribution in [0.4, 0.5) is 0 Å². The summed E-state index contributed by atoms with van der Waals surface area (Å²) in [5.41, 5.74) is 1.96. The maximum Gasteiger partial charge on any atom is 0.256 e. The lowest BCUT2D eigenvalue weighted by Crippen LogP contribution is -2.41. The second kappa shape index (κ2) is 6.41. The summed E-state index contributed by atoms with van der Waals surface area (Å²) in [5, 5.41) is 5.92. The third-order valence-corrected chi connectivity index (χ3v) is 6.16. The molecule has 0 spiro atoms. The van der Waals surface area contributed by atoms with E-state index in [1.165, 1.54) is 5.01 Å². The summed E-state index contributed by atoms with van der Waals surface area (Å²) in [4.78, 5) is 14.2. The number of likely N-dealkylation sites (N-methyl/N-ethyl adjacent to an activating group) is 1. The molecule has 1 aromatic rings. The van der Waals surface area contributed by atoms with Crippen LogP contribution in [0.3, 0.4) is 0 Å². The van der Waals surface area contributed by atoms with Gasteiger partial charge in [0.05, 0.1) is 30.3 Å². The molecule has 124 valence electrons. The number of benzene rings is 1. The number of carbonyl (C=O) groups is 1. The molecule has 1 unspecified atom stereocenters. The monoisotopic (exact) mass is 335 g/mol. The lowest BCUT2D eigenvalue weighted by molar-refractivity contribution is -0.132. The Bertz CT molecular complexity index is 715. The van der Waals surface area contributed by atoms with Crippen molar-refractivity contribution < 1.29 is 13.2 Å². The van der Waals surface area contributed by atoms with Crippen LogP contribution < -0.4 is 0 Å². The van der Waals surface area contributed by atoms with Crippen molar-refractivity contribution in [3.63, 3.8) is 0 Å². The predicted octanol–water partition coefficient (Wildman–Crippen LogP) is 0.742. The van der Waals surface area contributed by atoms with Crippen molar-refractivity contribution in [3.05, 3.63) is 35.9 Å². The van der Waals surface area contributed by atoms with Crippen molar-refractivity contribution in [2.45, 2.75) is 18.9 Å². The molecule has 7 heteroatoms. The molecule has 0 saturated carbocycles. The summed E-state index contributed by atoms with van der Waals surface area (Å²) in [5.74, 6) is 0.286. The highest BCUT2D eigenvalue weighted by molar-refractivity contribution is 7.91. The number of hydrogen-bond acceptors (Lipinski definition) is 5. The molecule has 2 heterocycles. The van der Waals surface area contributed by atoms with Gasteiger partial charge in [0.2, 0.25) is 0 Å². The Balaban J connectivity index is 1.60. The maximum atomic E-state index is 12.4. The van der Waals surface area contributed by atoms with Gasteiger partial charge in [-0.2, -0.15) is 5.10 Å². The molecule has 0 aromatic heterocycles. The van der Waals surface area contributed by atoms with Crippen molar-refractivity contribution in [2.75, 3.05) is 31.6 Å². The Hall–Kier alpha value is -1.73. The number of hydrogen-bond donors (Lipinski definition) is 0. The van der Waals surface area contributed by atoms with Crippen molar-refractivity contribution in [1.82, 2.24) is 9.91 Å². The van der Waals surface area contributed by atoms with Gasteiger partial charge in [-0.3, -0.25) is 9.69 Å². The van der Waals surface area contributed by atoms with Crippen LogP contribution in [-0.4, -0.2) is 67.6 Å². The summed E-state index contributed by atoms with van der Waals surface area (Å²) in [6.45, 7) is 0.783. The van der Waals surface area contributed by atoms with E-state index in [2.05, 4.69) is 5.10 Å². The van der Waals surface area contributed by atoms with Crippen molar-refractivity contribution in [3.8, 4) is 0 Å². The van der Waals surface area contributed by atoms with Gasteiger partial charge in [-0.15, -0.1) is 0 Å². The van der Waals surface area contributed by atoms with Crippen molar-refractivity contribution in [2.24, 2.45) is 5.10 Å². The number of rotatable bonds is 4. The minimum atomic E-state index is -2.93. The van der Waals surface area contributed by atoms with Crippen LogP contribution in [0.2, 0.25) is 0 Å². The number of hydrazone groups is 1. The van der Waals surface area contributed by atoms with Crippen molar-refractivity contribution >= 4 is 21.5 Å². The summed E-state index contributed by atoms with van der Waals surface area (Å²) >= 11 is 0. The Kier molecular flexibility index (Phi) is 4.50. The third-order valence-electron chi connectivity index (χ3n) is 4.41. The van der Waals surface area contributed by atoms with Gasteiger partial charge in [0.25, 0.3) is 5.91 Å². The van der Waals surface area contributed by atoms with Crippen LogP contribution in [-0.2, 0) is 14.6 Å². The maximum absolute atomic E-state index is 12.4. The number of carbonyl (C=O) groups excluding carboxylic acids is 1. The van der Waals surface area contributed by atoms with Gasteiger partial charge in [-0.1, -0.05) is 30.3 Å². The van der Waals surface area contributed by atoms with Crippen LogP contribution in [0.25, 0.3) is 0 Å². The summed E-state index contributed by atoms with van der Waals surface area (Å²) in [6, 6.07) is 9.77. The van der Waals surface area contributed by atoms with E-state index >= 15 is 0 Å². The molecule has 0 aliphatic carbocycles. The molecule has 6 nitrogen and oxygen atoms in total. The first-order valence-electron chi connectivity index (χ1n) is 7.78. The third kappa shape index (κ3) is 3.79. The topological polar surface area (TPSA) is 70.1 Å². The Morgan fingerprint density at radius 2 is 2.09 bits per heavy atom. The fourth-order valence-corrected chi connectivity index (χ4v) is 4.82. The largest absolute Gasteiger partial charge is 0.293 e. The molecule has 0 bridgehead atoms. The fraction of sp³-hybridized carbons (Fsp3) is 0.500. The summed E-state index contributed by atoms with van der Waals surface area (Å²) < 4.78 is 23.1. The molecule has 1 fully saturated rings. The van der Waals surface area contributed by atoms with Crippen LogP contribution in [0.15, 0.2) is 35.4 Å². The summed E-state index contributed by atoms with van der Waals surface area (Å²) in [6.07, 6.45) is 1.35. The second-order valence-corrected chi connectivity index (χ2v) is 8.38. The van der Waals surface area contributed by atoms with Gasteiger partial charge in [0.15, 0.2) is 9.84 Å². The van der Waals surface area contributed by atoms with E-state index in [-0.39, 0.29) is 30.0 Å². The molecule has 1 atom stereocenters. The van der Waals surface area contributed by atoms with E-state index in [0.717, 1.165) is 17.7 Å². The first-order chi connectivity index (χ1) is 10.9. The van der Waals surface area contributed by atoms with Crippen LogP contribution in [0.1, 0.15) is 18.4 Å². The highest BCUT2D eigenvalue weighted by Crippen LogP contribution is 2.18. The quantitative estimate of drug-likeness (QED) is 0.814. The number of nitrogens with zero attached hydrogens (tertiary/aromatic N) is 3. The van der Waals surface area contributed by atoms with Gasteiger partial charge in [-0.05, 0) is 19.0 Å². The number of sulfone groups is 1. The molecule has 1 saturated heterocycles. The van der Waals surface area contributed by atoms with Gasteiger partial charge < -0.3 is 0 Å². The first-order valence-corrected chi connectivity index (χ1v) is 9.61. The van der Waals surface area contributed by atoms with Crippen LogP contribution in [0, 0.1) is 0 Å². The highest BCUT2D eigenvalue weighted by Gasteiger charge is 2.32. The number of amides is 1. The summed E-state index contributed by atoms with van der Waals surface area (Å²) in [7, 11) is -1.13. The first kappa shape index (κ1) is 16.1. The van der Waals surface area contributed by atoms with E-state index in [0.29, 0.717) is 13.0 Å². The molecule has 0 radical (unpaired) electrons. The van der Waals surface area contributed by atoms with E-state index < -0.39 is 9.84 Å². The van der Waals surface area contributed by atoms with Gasteiger partial charge in [-0.25, -0.2) is 13.4 Å². The van der Waals surface area contributed by atoms with E-state index in [1.54, 1.807) is 7.05 Å². The van der Waals surface area contributed by atoms with E-state index in [1.807, 2.05) is 35.2 Å². The second-order valence-electron chi connectivity index (χ2n) is 6.15. The van der Waals surface area contributed by atoms with Crippen LogP contribution >= 0.6 is 0 Å². The van der Waals surface area contributed by atoms with Crippen molar-refractivity contribution in [1.29, 1.82) is 0 Å². The molecule has 1 amide bonds. The molecule has 2 aliphatic heterocycles. The van der Waals surface area contributed by atoms with E-state index in [4.69, 9.17) is 0 Å². The Morgan fingerprint density at radius 3 is 2.74 bits per heavy atom. The van der Waals surface area contributed by atoms with Gasteiger partial charge in [0.1, 0.15) is 0 Å².